The van der Waals surface area contributed by atoms with Gasteiger partial charge in [0.15, 0.2) is 0 Å². The summed E-state index contributed by atoms with van der Waals surface area (Å²) in [4.78, 5) is 4.23. The Balaban J connectivity index is 2.48. The Morgan fingerprint density at radius 3 is 2.28 bits per heavy atom. The summed E-state index contributed by atoms with van der Waals surface area (Å²) in [6.07, 6.45) is 1.60. The number of pyridine rings is 1. The molecular weight excluding hydrogens is 226 g/mol. The summed E-state index contributed by atoms with van der Waals surface area (Å²) in [5.41, 5.74) is 13.7. The molecule has 90 valence electrons. The molecule has 1 aromatic carbocycles. The second-order valence-electron chi connectivity index (χ2n) is 3.84. The molecule has 0 saturated heterocycles. The molecule has 0 atom stereocenters. The number of hydrogen-bond acceptors (Lipinski definition) is 3. The zero-order chi connectivity index (χ0) is 13.1. The first-order chi connectivity index (χ1) is 8.58. The van der Waals surface area contributed by atoms with Gasteiger partial charge in [0.05, 0.1) is 5.69 Å². The molecule has 1 aromatic heterocycles. The number of nitrogens with zero attached hydrogens (tertiary/aromatic N) is 1. The predicted octanol–water partition coefficient (Wildman–Crippen LogP) is 1.32. The highest BCUT2D eigenvalue weighted by molar-refractivity contribution is 5.97. The SMILES string of the molecule is N=C(N)c1cccc(-c2cc(C(=N)N)ccn2)c1. The minimum Gasteiger partial charge on any atom is -0.384 e. The van der Waals surface area contributed by atoms with Crippen molar-refractivity contribution >= 4 is 11.7 Å². The number of nitrogens with one attached hydrogen (secondary N) is 2. The minimum absolute atomic E-state index is 0.00127. The van der Waals surface area contributed by atoms with E-state index in [1.165, 1.54) is 0 Å². The van der Waals surface area contributed by atoms with Gasteiger partial charge in [0.2, 0.25) is 0 Å². The van der Waals surface area contributed by atoms with Crippen LogP contribution in [0, 0.1) is 10.8 Å². The average Bonchev–Trinajstić information content (AvgIpc) is 2.39. The van der Waals surface area contributed by atoms with E-state index in [0.717, 1.165) is 5.56 Å². The van der Waals surface area contributed by atoms with E-state index in [1.807, 2.05) is 12.1 Å². The van der Waals surface area contributed by atoms with Gasteiger partial charge in [-0.15, -0.1) is 0 Å². The Bertz CT molecular complexity index is 563. The largest absolute Gasteiger partial charge is 0.384 e. The number of amidine groups is 2. The van der Waals surface area contributed by atoms with Gasteiger partial charge in [0, 0.05) is 22.9 Å². The molecule has 0 bridgehead atoms. The van der Waals surface area contributed by atoms with E-state index in [9.17, 15) is 0 Å². The monoisotopic (exact) mass is 239 g/mol. The van der Waals surface area contributed by atoms with E-state index in [4.69, 9.17) is 22.3 Å². The number of rotatable bonds is 3. The highest BCUT2D eigenvalue weighted by Gasteiger charge is 2.04. The fourth-order valence-corrected chi connectivity index (χ4v) is 1.60. The van der Waals surface area contributed by atoms with E-state index >= 15 is 0 Å². The summed E-state index contributed by atoms with van der Waals surface area (Å²) >= 11 is 0. The van der Waals surface area contributed by atoms with E-state index in [-0.39, 0.29) is 11.7 Å². The van der Waals surface area contributed by atoms with Gasteiger partial charge in [-0.1, -0.05) is 18.2 Å². The van der Waals surface area contributed by atoms with Crippen molar-refractivity contribution < 1.29 is 0 Å². The van der Waals surface area contributed by atoms with Crippen molar-refractivity contribution in [1.29, 1.82) is 10.8 Å². The van der Waals surface area contributed by atoms with Crippen LogP contribution in [0.2, 0.25) is 0 Å². The standard InChI is InChI=1S/C13H13N5/c14-12(15)9-3-1-2-8(6-9)11-7-10(13(16)17)4-5-18-11/h1-7H,(H3,14,15)(H3,16,17). The summed E-state index contributed by atoms with van der Waals surface area (Å²) in [5, 5.41) is 14.8. The molecule has 6 N–H and O–H groups in total. The second-order valence-corrected chi connectivity index (χ2v) is 3.84. The Morgan fingerprint density at radius 2 is 1.61 bits per heavy atom. The Hall–Kier alpha value is -2.69. The van der Waals surface area contributed by atoms with E-state index < -0.39 is 0 Å². The van der Waals surface area contributed by atoms with Crippen molar-refractivity contribution in [3.8, 4) is 11.3 Å². The lowest BCUT2D eigenvalue weighted by Gasteiger charge is -2.05. The topological polar surface area (TPSA) is 113 Å². The average molecular weight is 239 g/mol. The van der Waals surface area contributed by atoms with Crippen LogP contribution in [0.15, 0.2) is 42.6 Å². The molecule has 0 amide bonds. The second kappa shape index (κ2) is 4.67. The van der Waals surface area contributed by atoms with Crippen LogP contribution < -0.4 is 11.5 Å². The first-order valence-corrected chi connectivity index (χ1v) is 5.33. The molecule has 1 heterocycles. The summed E-state index contributed by atoms with van der Waals surface area (Å²) in [6.45, 7) is 0. The van der Waals surface area contributed by atoms with Crippen LogP contribution in [0.4, 0.5) is 0 Å². The van der Waals surface area contributed by atoms with Crippen LogP contribution >= 0.6 is 0 Å². The van der Waals surface area contributed by atoms with Crippen molar-refractivity contribution in [3.63, 3.8) is 0 Å². The van der Waals surface area contributed by atoms with Gasteiger partial charge in [-0.25, -0.2) is 0 Å². The first-order valence-electron chi connectivity index (χ1n) is 5.33. The van der Waals surface area contributed by atoms with E-state index in [1.54, 1.807) is 30.5 Å². The van der Waals surface area contributed by atoms with Gasteiger partial charge in [-0.2, -0.15) is 0 Å². The van der Waals surface area contributed by atoms with Gasteiger partial charge < -0.3 is 11.5 Å². The van der Waals surface area contributed by atoms with E-state index in [2.05, 4.69) is 4.98 Å². The zero-order valence-electron chi connectivity index (χ0n) is 9.64. The number of nitrogens with two attached hydrogens (primary N) is 2. The molecule has 0 fully saturated rings. The lowest BCUT2D eigenvalue weighted by molar-refractivity contribution is 1.30. The number of aromatic nitrogens is 1. The zero-order valence-corrected chi connectivity index (χ0v) is 9.64. The normalized spacial score (nSPS) is 10.0. The molecule has 5 heteroatoms. The Morgan fingerprint density at radius 1 is 0.944 bits per heavy atom. The molecule has 0 saturated carbocycles. The van der Waals surface area contributed by atoms with Crippen LogP contribution in [0.3, 0.4) is 0 Å². The van der Waals surface area contributed by atoms with Crippen LogP contribution in [0.1, 0.15) is 11.1 Å². The molecule has 0 aliphatic rings. The van der Waals surface area contributed by atoms with Crippen molar-refractivity contribution in [2.24, 2.45) is 11.5 Å². The minimum atomic E-state index is 0.00127. The third-order valence-corrected chi connectivity index (χ3v) is 2.54. The van der Waals surface area contributed by atoms with E-state index in [0.29, 0.717) is 16.8 Å². The fourth-order valence-electron chi connectivity index (χ4n) is 1.60. The fraction of sp³-hybridized carbons (Fsp3) is 0. The van der Waals surface area contributed by atoms with Gasteiger partial charge >= 0.3 is 0 Å². The summed E-state index contributed by atoms with van der Waals surface area (Å²) in [6, 6.07) is 10.7. The Labute approximate surface area is 104 Å². The number of hydrogen-bond donors (Lipinski definition) is 4. The van der Waals surface area contributed by atoms with Gasteiger partial charge in [0.1, 0.15) is 11.7 Å². The molecule has 0 aliphatic carbocycles. The van der Waals surface area contributed by atoms with Gasteiger partial charge in [-0.3, -0.25) is 15.8 Å². The van der Waals surface area contributed by atoms with Gasteiger partial charge in [-0.05, 0) is 18.2 Å². The molecular formula is C13H13N5. The third kappa shape index (κ3) is 2.35. The quantitative estimate of drug-likeness (QED) is 0.478. The maximum absolute atomic E-state index is 7.41. The molecule has 2 rings (SSSR count). The van der Waals surface area contributed by atoms with Crippen LogP contribution in [-0.4, -0.2) is 16.7 Å². The molecule has 0 aliphatic heterocycles. The Kier molecular flexibility index (Phi) is 3.05. The predicted molar refractivity (Wildman–Crippen MR) is 71.7 cm³/mol. The molecule has 0 radical (unpaired) electrons. The third-order valence-electron chi connectivity index (χ3n) is 2.54. The highest BCUT2D eigenvalue weighted by atomic mass is 14.7. The maximum atomic E-state index is 7.41. The molecule has 18 heavy (non-hydrogen) atoms. The van der Waals surface area contributed by atoms with Crippen molar-refractivity contribution in [2.45, 2.75) is 0 Å². The van der Waals surface area contributed by atoms with Crippen molar-refractivity contribution in [2.75, 3.05) is 0 Å². The first kappa shape index (κ1) is 11.8. The summed E-state index contributed by atoms with van der Waals surface area (Å²) in [7, 11) is 0. The maximum Gasteiger partial charge on any atom is 0.122 e. The van der Waals surface area contributed by atoms with Crippen LogP contribution in [0.25, 0.3) is 11.3 Å². The van der Waals surface area contributed by atoms with Crippen LogP contribution in [0.5, 0.6) is 0 Å². The van der Waals surface area contributed by atoms with Gasteiger partial charge in [0.25, 0.3) is 0 Å². The molecule has 0 spiro atoms. The highest BCUT2D eigenvalue weighted by Crippen LogP contribution is 2.19. The lowest BCUT2D eigenvalue weighted by Crippen LogP contribution is -2.11. The summed E-state index contributed by atoms with van der Waals surface area (Å²) < 4.78 is 0. The summed E-state index contributed by atoms with van der Waals surface area (Å²) in [5.74, 6) is 0.0148. The van der Waals surface area contributed by atoms with Crippen LogP contribution in [-0.2, 0) is 0 Å². The lowest BCUT2D eigenvalue weighted by atomic mass is 10.1. The van der Waals surface area contributed by atoms with Crippen molar-refractivity contribution in [3.05, 3.63) is 53.7 Å². The molecule has 5 nitrogen and oxygen atoms in total. The number of nitrogen functional groups attached to an aromatic ring is 2. The molecule has 0 unspecified atom stereocenters. The number of benzene rings is 1. The molecule has 2 aromatic rings. The van der Waals surface area contributed by atoms with Crippen molar-refractivity contribution in [1.82, 2.24) is 4.98 Å². The smallest absolute Gasteiger partial charge is 0.122 e.